The summed E-state index contributed by atoms with van der Waals surface area (Å²) in [6.45, 7) is 4.29. The zero-order valence-electron chi connectivity index (χ0n) is 11.6. The first kappa shape index (κ1) is 13.0. The number of para-hydroxylation sites is 2. The van der Waals surface area contributed by atoms with Gasteiger partial charge in [0, 0.05) is 18.3 Å². The second kappa shape index (κ2) is 5.17. The fraction of sp³-hybridized carbons (Fsp3) is 0.533. The van der Waals surface area contributed by atoms with E-state index >= 15 is 0 Å². The molecule has 0 radical (unpaired) electrons. The predicted octanol–water partition coefficient (Wildman–Crippen LogP) is 2.95. The minimum absolute atomic E-state index is 0.421. The molecule has 4 heteroatoms. The average Bonchev–Trinajstić information content (AvgIpc) is 2.96. The average molecular weight is 275 g/mol. The van der Waals surface area contributed by atoms with Gasteiger partial charge in [-0.05, 0) is 37.7 Å². The summed E-state index contributed by atoms with van der Waals surface area (Å²) in [5.41, 5.74) is 2.30. The lowest BCUT2D eigenvalue weighted by molar-refractivity contribution is 0.526. The van der Waals surface area contributed by atoms with Gasteiger partial charge in [-0.3, -0.25) is 0 Å². The molecule has 1 unspecified atom stereocenters. The summed E-state index contributed by atoms with van der Waals surface area (Å²) < 4.78 is 2.61. The second-order valence-electron chi connectivity index (χ2n) is 5.58. The minimum Gasteiger partial charge on any atom is -0.330 e. The van der Waals surface area contributed by atoms with E-state index in [1.54, 1.807) is 0 Å². The Labute approximate surface area is 118 Å². The molecule has 19 heavy (non-hydrogen) atoms. The summed E-state index contributed by atoms with van der Waals surface area (Å²) in [5.74, 6) is 2.43. The van der Waals surface area contributed by atoms with Crippen molar-refractivity contribution in [3.05, 3.63) is 30.1 Å². The highest BCUT2D eigenvalue weighted by molar-refractivity contribution is 8.00. The molecule has 1 atom stereocenters. The number of thioether (sulfide) groups is 1. The molecule has 1 aliphatic heterocycles. The maximum absolute atomic E-state index is 4.69. The van der Waals surface area contributed by atoms with Gasteiger partial charge >= 0.3 is 0 Å². The van der Waals surface area contributed by atoms with Gasteiger partial charge in [0.15, 0.2) is 0 Å². The molecule has 2 aromatic rings. The Hall–Kier alpha value is -1.00. The summed E-state index contributed by atoms with van der Waals surface area (Å²) in [4.78, 5) is 4.69. The third kappa shape index (κ3) is 2.65. The van der Waals surface area contributed by atoms with Crippen LogP contribution >= 0.6 is 11.8 Å². The summed E-state index contributed by atoms with van der Waals surface area (Å²) in [7, 11) is 2.10. The van der Waals surface area contributed by atoms with Gasteiger partial charge in [-0.1, -0.05) is 12.1 Å². The van der Waals surface area contributed by atoms with Gasteiger partial charge in [0.1, 0.15) is 5.82 Å². The molecule has 3 nitrogen and oxygen atoms in total. The SMILES string of the molecule is Cn1c(CNCC2(C)CCCS2)nc2ccccc21. The number of rotatable bonds is 4. The van der Waals surface area contributed by atoms with Crippen molar-refractivity contribution in [1.82, 2.24) is 14.9 Å². The Morgan fingerprint density at radius 3 is 3.00 bits per heavy atom. The number of imidazole rings is 1. The Bertz CT molecular complexity index is 570. The van der Waals surface area contributed by atoms with Crippen molar-refractivity contribution in [3.63, 3.8) is 0 Å². The van der Waals surface area contributed by atoms with Crippen LogP contribution in [0.4, 0.5) is 0 Å². The van der Waals surface area contributed by atoms with Crippen molar-refractivity contribution in [2.45, 2.75) is 31.1 Å². The number of aryl methyl sites for hydroxylation is 1. The van der Waals surface area contributed by atoms with Crippen molar-refractivity contribution in [1.29, 1.82) is 0 Å². The van der Waals surface area contributed by atoms with E-state index in [0.717, 1.165) is 24.4 Å². The number of hydrogen-bond donors (Lipinski definition) is 1. The molecule has 2 heterocycles. The fourth-order valence-electron chi connectivity index (χ4n) is 2.77. The van der Waals surface area contributed by atoms with Gasteiger partial charge < -0.3 is 9.88 Å². The lowest BCUT2D eigenvalue weighted by Crippen LogP contribution is -2.33. The monoisotopic (exact) mass is 275 g/mol. The lowest BCUT2D eigenvalue weighted by Gasteiger charge is -2.22. The predicted molar refractivity (Wildman–Crippen MR) is 82.5 cm³/mol. The van der Waals surface area contributed by atoms with E-state index in [9.17, 15) is 0 Å². The molecule has 102 valence electrons. The molecule has 1 aromatic heterocycles. The van der Waals surface area contributed by atoms with E-state index in [1.165, 1.54) is 24.1 Å². The molecular weight excluding hydrogens is 254 g/mol. The first-order valence-electron chi connectivity index (χ1n) is 6.93. The van der Waals surface area contributed by atoms with Crippen LogP contribution in [0.5, 0.6) is 0 Å². The number of hydrogen-bond acceptors (Lipinski definition) is 3. The number of nitrogens with zero attached hydrogens (tertiary/aromatic N) is 2. The summed E-state index contributed by atoms with van der Waals surface area (Å²) in [6.07, 6.45) is 2.68. The van der Waals surface area contributed by atoms with Crippen molar-refractivity contribution >= 4 is 22.8 Å². The number of nitrogens with one attached hydrogen (secondary N) is 1. The van der Waals surface area contributed by atoms with Crippen LogP contribution < -0.4 is 5.32 Å². The van der Waals surface area contributed by atoms with E-state index < -0.39 is 0 Å². The fourth-order valence-corrected chi connectivity index (χ4v) is 4.04. The zero-order chi connectivity index (χ0) is 13.3. The maximum atomic E-state index is 4.69. The molecule has 0 amide bonds. The van der Waals surface area contributed by atoms with Crippen LogP contribution in [0.3, 0.4) is 0 Å². The molecule has 0 spiro atoms. The largest absolute Gasteiger partial charge is 0.330 e. The first-order chi connectivity index (χ1) is 9.18. The van der Waals surface area contributed by atoms with Crippen LogP contribution in [-0.2, 0) is 13.6 Å². The van der Waals surface area contributed by atoms with Gasteiger partial charge in [0.05, 0.1) is 17.6 Å². The van der Waals surface area contributed by atoms with Gasteiger partial charge in [-0.25, -0.2) is 4.98 Å². The molecular formula is C15H21N3S. The van der Waals surface area contributed by atoms with Crippen molar-refractivity contribution < 1.29 is 0 Å². The summed E-state index contributed by atoms with van der Waals surface area (Å²) in [6, 6.07) is 8.31. The second-order valence-corrected chi connectivity index (χ2v) is 7.26. The molecule has 0 saturated carbocycles. The molecule has 1 N–H and O–H groups in total. The topological polar surface area (TPSA) is 29.9 Å². The van der Waals surface area contributed by atoms with Crippen LogP contribution in [0.2, 0.25) is 0 Å². The quantitative estimate of drug-likeness (QED) is 0.930. The molecule has 0 aliphatic carbocycles. The smallest absolute Gasteiger partial charge is 0.123 e. The van der Waals surface area contributed by atoms with Crippen molar-refractivity contribution in [3.8, 4) is 0 Å². The number of fused-ring (bicyclic) bond motifs is 1. The normalized spacial score (nSPS) is 23.3. The van der Waals surface area contributed by atoms with E-state index in [-0.39, 0.29) is 0 Å². The molecule has 1 saturated heterocycles. The standard InChI is InChI=1S/C15H21N3S/c1-15(8-5-9-19-15)11-16-10-14-17-12-6-3-4-7-13(12)18(14)2/h3-4,6-7,16H,5,8-11H2,1-2H3. The van der Waals surface area contributed by atoms with Gasteiger partial charge in [0.2, 0.25) is 0 Å². The molecule has 1 aromatic carbocycles. The van der Waals surface area contributed by atoms with Crippen molar-refractivity contribution in [2.24, 2.45) is 7.05 Å². The van der Waals surface area contributed by atoms with Gasteiger partial charge in [-0.2, -0.15) is 11.8 Å². The molecule has 1 aliphatic rings. The summed E-state index contributed by atoms with van der Waals surface area (Å²) >= 11 is 2.10. The van der Waals surface area contributed by atoms with Crippen LogP contribution in [-0.4, -0.2) is 26.6 Å². The van der Waals surface area contributed by atoms with Crippen LogP contribution in [0, 0.1) is 0 Å². The molecule has 1 fully saturated rings. The maximum Gasteiger partial charge on any atom is 0.123 e. The highest BCUT2D eigenvalue weighted by Gasteiger charge is 2.28. The van der Waals surface area contributed by atoms with Gasteiger partial charge in [-0.15, -0.1) is 0 Å². The van der Waals surface area contributed by atoms with Crippen LogP contribution in [0.15, 0.2) is 24.3 Å². The van der Waals surface area contributed by atoms with E-state index in [4.69, 9.17) is 4.98 Å². The van der Waals surface area contributed by atoms with E-state index in [0.29, 0.717) is 4.75 Å². The highest BCUT2D eigenvalue weighted by atomic mass is 32.2. The highest BCUT2D eigenvalue weighted by Crippen LogP contribution is 2.36. The third-order valence-corrected chi connectivity index (χ3v) is 5.50. The van der Waals surface area contributed by atoms with E-state index in [1.807, 2.05) is 6.07 Å². The Morgan fingerprint density at radius 2 is 2.26 bits per heavy atom. The van der Waals surface area contributed by atoms with Gasteiger partial charge in [0.25, 0.3) is 0 Å². The first-order valence-corrected chi connectivity index (χ1v) is 7.92. The molecule has 0 bridgehead atoms. The van der Waals surface area contributed by atoms with E-state index in [2.05, 4.69) is 53.8 Å². The summed E-state index contributed by atoms with van der Waals surface area (Å²) in [5, 5.41) is 3.58. The number of aromatic nitrogens is 2. The minimum atomic E-state index is 0.421. The Morgan fingerprint density at radius 1 is 1.42 bits per heavy atom. The Kier molecular flexibility index (Phi) is 3.54. The Balaban J connectivity index is 1.67. The zero-order valence-corrected chi connectivity index (χ0v) is 12.5. The van der Waals surface area contributed by atoms with Crippen LogP contribution in [0.25, 0.3) is 11.0 Å². The van der Waals surface area contributed by atoms with Crippen LogP contribution in [0.1, 0.15) is 25.6 Å². The number of benzene rings is 1. The molecule has 3 rings (SSSR count). The van der Waals surface area contributed by atoms with Crippen molar-refractivity contribution in [2.75, 3.05) is 12.3 Å². The third-order valence-electron chi connectivity index (χ3n) is 3.96. The lowest BCUT2D eigenvalue weighted by atomic mass is 10.1.